The number of aliphatic hydroxyl groups is 4. The van der Waals surface area contributed by atoms with E-state index in [9.17, 15) is 44.4 Å². The van der Waals surface area contributed by atoms with Crippen LogP contribution in [-0.2, 0) is 66.6 Å². The number of rotatable bonds is 28. The van der Waals surface area contributed by atoms with Crippen LogP contribution in [0.5, 0.6) is 17.2 Å². The van der Waals surface area contributed by atoms with Crippen molar-refractivity contribution in [2.24, 2.45) is 5.41 Å². The van der Waals surface area contributed by atoms with Crippen molar-refractivity contribution in [1.82, 2.24) is 15.7 Å². The monoisotopic (exact) mass is 1490 g/mol. The minimum atomic E-state index is -2.16. The molecule has 16 unspecified atom stereocenters. The summed E-state index contributed by atoms with van der Waals surface area (Å²) in [4.78, 5) is 75.5. The molecule has 7 rings (SSSR count). The lowest BCUT2D eigenvalue weighted by Gasteiger charge is -2.47. The molecule has 0 spiro atoms. The number of hydrogen-bond donors (Lipinski definition) is 6. The maximum absolute atomic E-state index is 14.4. The lowest BCUT2D eigenvalue weighted by atomic mass is 9.75. The fourth-order valence-corrected chi connectivity index (χ4v) is 15.0. The lowest BCUT2D eigenvalue weighted by Crippen LogP contribution is -2.65. The number of Topliss-reactive ketones (excluding diaryl/α,β-unsaturated/α-hetero) is 2. The summed E-state index contributed by atoms with van der Waals surface area (Å²) in [6.45, 7) is 19.7. The number of fused-ring (bicyclic) bond motifs is 3. The number of thioether (sulfide) groups is 1. The fraction of sp³-hybridized carbons (Fsp3) is 0.672. The second-order valence-corrected chi connectivity index (χ2v) is 29.8. The summed E-state index contributed by atoms with van der Waals surface area (Å²) in [5.41, 5.74) is -1.20. The molecular weight excluding hydrogens is 1400 g/mol. The Morgan fingerprint density at radius 1 is 0.947 bits per heavy atom. The van der Waals surface area contributed by atoms with Crippen LogP contribution in [0.25, 0.3) is 0 Å². The Morgan fingerprint density at radius 2 is 1.65 bits per heavy atom. The Kier molecular flexibility index (Phi) is 27.6. The van der Waals surface area contributed by atoms with E-state index in [0.717, 1.165) is 7.11 Å². The number of aliphatic hydroxyl groups excluding tert-OH is 3. The van der Waals surface area contributed by atoms with Crippen molar-refractivity contribution < 1.29 is 111 Å². The molecule has 1 aromatic carbocycles. The highest BCUT2D eigenvalue weighted by molar-refractivity contribution is 14.1. The largest absolute Gasteiger partial charge is 0.492 e. The maximum Gasteiger partial charge on any atom is 0.411 e. The van der Waals surface area contributed by atoms with Crippen molar-refractivity contribution in [3.63, 3.8) is 0 Å². The van der Waals surface area contributed by atoms with Gasteiger partial charge in [-0.1, -0.05) is 79.0 Å². The number of methoxy groups -OCH3 is 5. The third-order valence-electron chi connectivity index (χ3n) is 16.4. The lowest BCUT2D eigenvalue weighted by molar-refractivity contribution is -0.336. The molecule has 4 heterocycles. The van der Waals surface area contributed by atoms with Gasteiger partial charge >= 0.3 is 6.09 Å². The zero-order chi connectivity index (χ0) is 69.3. The number of nitrogens with one attached hydrogen (secondary N) is 2. The Hall–Kier alpha value is -4.11. The summed E-state index contributed by atoms with van der Waals surface area (Å²) in [5.74, 6) is 11.0. The van der Waals surface area contributed by atoms with E-state index in [2.05, 4.69) is 34.5 Å². The van der Waals surface area contributed by atoms with Crippen LogP contribution in [0.15, 0.2) is 35.1 Å². The maximum atomic E-state index is 14.4. The number of carbonyl (C=O) groups excluding carboxylic acids is 5. The van der Waals surface area contributed by atoms with E-state index in [0.29, 0.717) is 27.4 Å². The van der Waals surface area contributed by atoms with E-state index in [1.807, 2.05) is 64.1 Å². The quantitative estimate of drug-likeness (QED) is 0.0114. The van der Waals surface area contributed by atoms with Gasteiger partial charge in [-0.25, -0.2) is 4.79 Å². The zero-order valence-corrected chi connectivity index (χ0v) is 60.2. The average Bonchev–Trinajstić information content (AvgIpc) is 1.13. The number of amides is 2. The van der Waals surface area contributed by atoms with E-state index >= 15 is 0 Å². The number of carbonyl (C=O) groups is 5. The molecule has 4 fully saturated rings. The number of nitrogens with zero attached hydrogens (tertiary/aromatic N) is 1. The number of alkyl carbamates (subject to hydrolysis) is 1. The van der Waals surface area contributed by atoms with Crippen molar-refractivity contribution >= 4 is 84.6 Å². The van der Waals surface area contributed by atoms with Crippen LogP contribution in [0.3, 0.4) is 0 Å². The molecule has 6 N–H and O–H groups in total. The van der Waals surface area contributed by atoms with Gasteiger partial charge < -0.3 is 86.9 Å². The molecule has 4 saturated heterocycles. The molecule has 2 amide bonds. The molecule has 30 heteroatoms. The molecule has 2 aliphatic carbocycles. The molecule has 18 atom stereocenters. The van der Waals surface area contributed by atoms with Crippen molar-refractivity contribution in [3.8, 4) is 40.9 Å². The minimum absolute atomic E-state index is 0.00848. The first-order valence-electron chi connectivity index (χ1n) is 30.6. The van der Waals surface area contributed by atoms with E-state index < -0.39 is 143 Å². The highest BCUT2D eigenvalue weighted by Gasteiger charge is 2.59. The van der Waals surface area contributed by atoms with Gasteiger partial charge in [0.25, 0.3) is 0 Å². The summed E-state index contributed by atoms with van der Waals surface area (Å²) in [6, 6.07) is -1.66. The summed E-state index contributed by atoms with van der Waals surface area (Å²) in [5, 5.41) is 49.8. The number of halogens is 1. The van der Waals surface area contributed by atoms with Gasteiger partial charge in [0.15, 0.2) is 48.0 Å². The topological polar surface area (TPSA) is 326 Å². The van der Waals surface area contributed by atoms with Gasteiger partial charge in [-0.05, 0) is 100 Å². The first-order chi connectivity index (χ1) is 44.4. The molecule has 0 saturated carbocycles. The van der Waals surface area contributed by atoms with Gasteiger partial charge in [0, 0.05) is 67.6 Å². The van der Waals surface area contributed by atoms with Crippen LogP contribution < -0.4 is 25.0 Å². The predicted molar refractivity (Wildman–Crippen MR) is 354 cm³/mol. The van der Waals surface area contributed by atoms with Crippen LogP contribution >= 0.6 is 55.9 Å². The smallest absolute Gasteiger partial charge is 0.411 e. The minimum Gasteiger partial charge on any atom is -0.492 e. The Balaban J connectivity index is 1.15. The Bertz CT molecular complexity index is 3140. The van der Waals surface area contributed by atoms with Crippen LogP contribution in [0.1, 0.15) is 111 Å². The van der Waals surface area contributed by atoms with Gasteiger partial charge in [-0.3, -0.25) is 29.3 Å². The number of hydrogen-bond acceptors (Lipinski definition) is 27. The highest BCUT2D eigenvalue weighted by atomic mass is 127. The third kappa shape index (κ3) is 18.4. The number of ether oxygens (including phenoxy) is 13. The van der Waals surface area contributed by atoms with Crippen molar-refractivity contribution in [2.75, 3.05) is 54.5 Å². The van der Waals surface area contributed by atoms with Crippen LogP contribution in [-0.4, -0.2) is 223 Å². The van der Waals surface area contributed by atoms with Crippen molar-refractivity contribution in [1.29, 1.82) is 0 Å². The van der Waals surface area contributed by atoms with Crippen LogP contribution in [0.2, 0.25) is 0 Å². The summed E-state index contributed by atoms with van der Waals surface area (Å²) >= 11 is 2.54. The fourth-order valence-electron chi connectivity index (χ4n) is 11.1. The number of ketones is 2. The molecule has 6 aliphatic rings. The highest BCUT2D eigenvalue weighted by Crippen LogP contribution is 2.50. The number of hydroxylamine groups is 1. The number of likely N-dealkylation sites (N-methyl/N-ethyl adjacent to an activating group) is 1. The van der Waals surface area contributed by atoms with Gasteiger partial charge in [0.2, 0.25) is 23.1 Å². The average molecular weight is 1490 g/mol. The Labute approximate surface area is 574 Å². The second kappa shape index (κ2) is 33.6. The van der Waals surface area contributed by atoms with Gasteiger partial charge in [0.05, 0.1) is 79.6 Å². The summed E-state index contributed by atoms with van der Waals surface area (Å²) in [6.07, 6.45) is -12.2. The molecular formula is C64H88IN3O23S3. The van der Waals surface area contributed by atoms with E-state index in [1.165, 1.54) is 76.0 Å². The predicted octanol–water partition coefficient (Wildman–Crippen LogP) is 5.53. The number of epoxide rings is 1. The normalized spacial score (nSPS) is 30.9. The molecule has 2 bridgehead atoms. The van der Waals surface area contributed by atoms with E-state index in [1.54, 1.807) is 31.7 Å². The molecule has 94 heavy (non-hydrogen) atoms. The first kappa shape index (κ1) is 77.2. The van der Waals surface area contributed by atoms with Gasteiger partial charge in [0.1, 0.15) is 47.8 Å². The molecule has 0 radical (unpaired) electrons. The second-order valence-electron chi connectivity index (χ2n) is 24.5. The first-order valence-corrected chi connectivity index (χ1v) is 34.9. The van der Waals surface area contributed by atoms with E-state index in [-0.39, 0.29) is 83.0 Å². The van der Waals surface area contributed by atoms with Crippen molar-refractivity contribution in [3.05, 3.63) is 49.8 Å². The SMILES string of the molecule is CCC(ONC1C(C)OC(O[C@H]2C#C/C=C\C#C[C@]3(O)CC(=O)C(NC(=O)OC)=C2/C3=C\CSSC(C)(C)CC(=O)C(C)(C)C)C(OC2CC(OC)C(N(CC)C(C)=O)CO2)C1O)OC(C)C(O)SC(=O)c1c(C)c(I)c(OC2OC3OC3C(OC)C2O)c(OC)c1OC. The van der Waals surface area contributed by atoms with Crippen LogP contribution in [0, 0.1) is 39.6 Å². The summed E-state index contributed by atoms with van der Waals surface area (Å²) in [7, 11) is 9.60. The number of benzene rings is 1. The zero-order valence-electron chi connectivity index (χ0n) is 55.6. The molecule has 1 aromatic rings. The molecule has 26 nitrogen and oxygen atoms in total. The van der Waals surface area contributed by atoms with Gasteiger partial charge in [-0.15, -0.1) is 0 Å². The number of allylic oxidation sites excluding steroid dienone is 3. The molecule has 4 aliphatic heterocycles. The van der Waals surface area contributed by atoms with Crippen molar-refractivity contribution in [2.45, 2.75) is 216 Å². The molecule has 522 valence electrons. The van der Waals surface area contributed by atoms with Gasteiger partial charge in [-0.2, -0.15) is 5.48 Å². The molecule has 0 aromatic heterocycles. The van der Waals surface area contributed by atoms with Crippen LogP contribution in [0.4, 0.5) is 4.79 Å². The van der Waals surface area contributed by atoms with E-state index in [4.69, 9.17) is 66.4 Å². The standard InChI is InChI=1S/C64H88IN3O23S3/c1-17-41(84-33(5)56(74)93-57(75)43-31(3)45(65)51(54(81-15)50(43)79-13)88-58-49(73)52(80-14)55-60(89-55)90-58)91-67-46-32(4)85-59(53(48(46)72)87-42-27-39(78-12)36(30-83-42)68(18-2)34(6)69)86-38-23-21-19-20-22-25-64(77)28-37(70)47(66-61(76)82-16)44(38)35(64)24-26-92-94-63(10,11)29-40(71)62(7,8)9/h19-20,24,32-33,36,38-39,41-42,46,48-49,52-53,55-56,58-60,67,72-74,77H,17-18,26-30H2,1-16H3,(H,66,76)/b20-19-,35-24+/t32?,33?,36?,38-,39?,41?,42?,46?,48?,49?,52?,53?,55?,56?,58?,59?,60?,64-/m0/s1. The Morgan fingerprint density at radius 3 is 2.28 bits per heavy atom. The third-order valence-corrected chi connectivity index (χ3v) is 21.8. The summed E-state index contributed by atoms with van der Waals surface area (Å²) < 4.78 is 77.9.